The summed E-state index contributed by atoms with van der Waals surface area (Å²) in [5, 5.41) is 14.4. The van der Waals surface area contributed by atoms with Gasteiger partial charge < -0.3 is 10.6 Å². The lowest BCUT2D eigenvalue weighted by atomic mass is 9.98. The van der Waals surface area contributed by atoms with E-state index in [4.69, 9.17) is 10.6 Å². The van der Waals surface area contributed by atoms with Crippen LogP contribution < -0.4 is 5.84 Å². The van der Waals surface area contributed by atoms with Crippen molar-refractivity contribution >= 4 is 17.4 Å². The summed E-state index contributed by atoms with van der Waals surface area (Å²) < 4.78 is 5.36. The Morgan fingerprint density at radius 3 is 2.57 bits per heavy atom. The highest BCUT2D eigenvalue weighted by Crippen LogP contribution is 2.33. The van der Waals surface area contributed by atoms with E-state index in [0.717, 1.165) is 5.56 Å². The van der Waals surface area contributed by atoms with Gasteiger partial charge in [-0.1, -0.05) is 18.2 Å². The Hall–Kier alpha value is -3.22. The monoisotopic (exact) mass is 311 g/mol. The molecule has 0 bridgehead atoms. The Kier molecular flexibility index (Phi) is 3.76. The summed E-state index contributed by atoms with van der Waals surface area (Å²) in [6, 6.07) is 13.1. The van der Waals surface area contributed by atoms with Gasteiger partial charge in [0, 0.05) is 24.1 Å². The molecule has 0 aliphatic carbocycles. The van der Waals surface area contributed by atoms with E-state index in [1.165, 1.54) is 12.1 Å². The number of ether oxygens (including phenoxy) is 1. The lowest BCUT2D eigenvalue weighted by Gasteiger charge is -2.12. The predicted molar refractivity (Wildman–Crippen MR) is 83.0 cm³/mol. The van der Waals surface area contributed by atoms with Crippen LogP contribution in [-0.2, 0) is 4.74 Å². The molecule has 1 aliphatic heterocycles. The molecule has 0 spiro atoms. The van der Waals surface area contributed by atoms with E-state index in [-0.39, 0.29) is 11.7 Å². The van der Waals surface area contributed by atoms with Gasteiger partial charge in [0.1, 0.15) is 6.10 Å². The van der Waals surface area contributed by atoms with Crippen molar-refractivity contribution in [3.63, 3.8) is 0 Å². The van der Waals surface area contributed by atoms with Gasteiger partial charge in [-0.05, 0) is 23.8 Å². The fraction of sp³-hybridized carbons (Fsp3) is 0.125. The minimum Gasteiger partial charge on any atom is -0.453 e. The number of non-ortho nitro benzene ring substituents is 1. The predicted octanol–water partition coefficient (Wildman–Crippen LogP) is 2.56. The number of cyclic esters (lactones) is 1. The van der Waals surface area contributed by atoms with Crippen molar-refractivity contribution in [2.24, 2.45) is 10.9 Å². The quantitative estimate of drug-likeness (QED) is 0.307. The maximum Gasteiger partial charge on any atom is 0.339 e. The summed E-state index contributed by atoms with van der Waals surface area (Å²) in [4.78, 5) is 22.1. The van der Waals surface area contributed by atoms with Crippen LogP contribution in [0.2, 0.25) is 0 Å². The molecule has 0 amide bonds. The molecule has 0 unspecified atom stereocenters. The Morgan fingerprint density at radius 2 is 1.91 bits per heavy atom. The zero-order valence-electron chi connectivity index (χ0n) is 12.0. The van der Waals surface area contributed by atoms with Crippen LogP contribution in [-0.4, -0.2) is 16.6 Å². The molecule has 0 fully saturated rings. The van der Waals surface area contributed by atoms with Gasteiger partial charge in [-0.2, -0.15) is 5.10 Å². The summed E-state index contributed by atoms with van der Waals surface area (Å²) in [5.41, 5.74) is 2.48. The van der Waals surface area contributed by atoms with Crippen molar-refractivity contribution in [2.45, 2.75) is 12.5 Å². The number of rotatable bonds is 4. The van der Waals surface area contributed by atoms with E-state index in [9.17, 15) is 14.9 Å². The molecule has 0 saturated carbocycles. The number of carbonyl (C=O) groups excluding carboxylic acids is 1. The number of nitrogens with two attached hydrogens (primary N) is 1. The van der Waals surface area contributed by atoms with Gasteiger partial charge in [-0.15, -0.1) is 0 Å². The van der Waals surface area contributed by atoms with Gasteiger partial charge in [0.05, 0.1) is 16.2 Å². The van der Waals surface area contributed by atoms with Crippen molar-refractivity contribution in [3.05, 3.63) is 75.3 Å². The van der Waals surface area contributed by atoms with Crippen molar-refractivity contribution in [2.75, 3.05) is 0 Å². The van der Waals surface area contributed by atoms with Crippen LogP contribution in [0.5, 0.6) is 0 Å². The summed E-state index contributed by atoms with van der Waals surface area (Å²) in [5.74, 6) is 5.08. The van der Waals surface area contributed by atoms with Crippen LogP contribution in [0.4, 0.5) is 5.69 Å². The standard InChI is InChI=1S/C16H13N3O4/c17-18-14(10-5-7-11(8-6-10)19(21)22)9-15-12-3-1-2-4-13(12)16(20)23-15/h1-8,15H,9,17H2/b18-14+/t15-/m1/s1. The maximum absolute atomic E-state index is 11.8. The van der Waals surface area contributed by atoms with E-state index in [1.807, 2.05) is 12.1 Å². The van der Waals surface area contributed by atoms with Crippen molar-refractivity contribution < 1.29 is 14.5 Å². The first-order valence-corrected chi connectivity index (χ1v) is 6.91. The molecule has 7 nitrogen and oxygen atoms in total. The van der Waals surface area contributed by atoms with Crippen LogP contribution in [0.25, 0.3) is 0 Å². The van der Waals surface area contributed by atoms with Gasteiger partial charge >= 0.3 is 5.97 Å². The Bertz CT molecular complexity index is 799. The van der Waals surface area contributed by atoms with Gasteiger partial charge in [-0.3, -0.25) is 10.1 Å². The van der Waals surface area contributed by atoms with E-state index in [2.05, 4.69) is 5.10 Å². The number of hydrogen-bond donors (Lipinski definition) is 1. The smallest absolute Gasteiger partial charge is 0.339 e. The van der Waals surface area contributed by atoms with Gasteiger partial charge in [0.2, 0.25) is 0 Å². The third-order valence-electron chi connectivity index (χ3n) is 3.72. The Balaban J connectivity index is 1.84. The summed E-state index contributed by atoms with van der Waals surface area (Å²) in [7, 11) is 0. The van der Waals surface area contributed by atoms with Crippen LogP contribution in [0.3, 0.4) is 0 Å². The molecule has 23 heavy (non-hydrogen) atoms. The lowest BCUT2D eigenvalue weighted by Crippen LogP contribution is -2.11. The molecule has 0 radical (unpaired) electrons. The first kappa shape index (κ1) is 14.7. The van der Waals surface area contributed by atoms with Gasteiger partial charge in [0.15, 0.2) is 0 Å². The number of esters is 1. The number of hydrogen-bond acceptors (Lipinski definition) is 6. The van der Waals surface area contributed by atoms with Crippen molar-refractivity contribution in [3.8, 4) is 0 Å². The molecule has 7 heteroatoms. The largest absolute Gasteiger partial charge is 0.453 e. The zero-order chi connectivity index (χ0) is 16.4. The molecular weight excluding hydrogens is 298 g/mol. The molecule has 0 aromatic heterocycles. The molecule has 2 aromatic carbocycles. The van der Waals surface area contributed by atoms with E-state index in [0.29, 0.717) is 23.3 Å². The third-order valence-corrected chi connectivity index (χ3v) is 3.72. The number of carbonyl (C=O) groups is 1. The number of hydrazone groups is 1. The van der Waals surface area contributed by atoms with Crippen LogP contribution in [0.1, 0.15) is 34.0 Å². The van der Waals surface area contributed by atoms with E-state index < -0.39 is 11.0 Å². The number of nitrogens with zero attached hydrogens (tertiary/aromatic N) is 2. The maximum atomic E-state index is 11.8. The molecule has 3 rings (SSSR count). The summed E-state index contributed by atoms with van der Waals surface area (Å²) in [6.07, 6.45) is -0.159. The van der Waals surface area contributed by atoms with Crippen molar-refractivity contribution in [1.29, 1.82) is 0 Å². The number of benzene rings is 2. The highest BCUT2D eigenvalue weighted by Gasteiger charge is 2.31. The summed E-state index contributed by atoms with van der Waals surface area (Å²) in [6.45, 7) is 0. The van der Waals surface area contributed by atoms with Gasteiger partial charge in [0.25, 0.3) is 5.69 Å². The average molecular weight is 311 g/mol. The third kappa shape index (κ3) is 2.76. The number of nitro groups is 1. The fourth-order valence-corrected chi connectivity index (χ4v) is 2.57. The topological polar surface area (TPSA) is 108 Å². The second-order valence-corrected chi connectivity index (χ2v) is 5.07. The second kappa shape index (κ2) is 5.88. The Labute approximate surface area is 131 Å². The molecule has 2 aromatic rings. The molecule has 1 atom stereocenters. The Morgan fingerprint density at radius 1 is 1.22 bits per heavy atom. The normalized spacial score (nSPS) is 16.8. The lowest BCUT2D eigenvalue weighted by molar-refractivity contribution is -0.384. The molecule has 2 N–H and O–H groups in total. The highest BCUT2D eigenvalue weighted by atomic mass is 16.6. The molecule has 1 heterocycles. The summed E-state index contributed by atoms with van der Waals surface area (Å²) >= 11 is 0. The van der Waals surface area contributed by atoms with E-state index >= 15 is 0 Å². The minimum atomic E-state index is -0.474. The van der Waals surface area contributed by atoms with Gasteiger partial charge in [-0.25, -0.2) is 4.79 Å². The van der Waals surface area contributed by atoms with Crippen LogP contribution in [0, 0.1) is 10.1 Å². The highest BCUT2D eigenvalue weighted by molar-refractivity contribution is 6.02. The SMILES string of the molecule is N/N=C(\C[C@H]1OC(=O)c2ccccc21)c1ccc([N+](=O)[O-])cc1. The number of fused-ring (bicyclic) bond motifs is 1. The average Bonchev–Trinajstić information content (AvgIpc) is 2.89. The van der Waals surface area contributed by atoms with Crippen molar-refractivity contribution in [1.82, 2.24) is 0 Å². The molecule has 0 saturated heterocycles. The fourth-order valence-electron chi connectivity index (χ4n) is 2.57. The molecule has 116 valence electrons. The van der Waals surface area contributed by atoms with E-state index in [1.54, 1.807) is 24.3 Å². The molecule has 1 aliphatic rings. The van der Waals surface area contributed by atoms with Crippen LogP contribution >= 0.6 is 0 Å². The first-order chi connectivity index (χ1) is 11.1. The molecular formula is C16H13N3O4. The first-order valence-electron chi connectivity index (χ1n) is 6.91. The number of nitro benzene ring substituents is 1. The minimum absolute atomic E-state index is 0.0113. The zero-order valence-corrected chi connectivity index (χ0v) is 12.0. The second-order valence-electron chi connectivity index (χ2n) is 5.07. The van der Waals surface area contributed by atoms with Crippen LogP contribution in [0.15, 0.2) is 53.6 Å².